The van der Waals surface area contributed by atoms with E-state index in [4.69, 9.17) is 4.74 Å². The Bertz CT molecular complexity index is 571. The van der Waals surface area contributed by atoms with Gasteiger partial charge >= 0.3 is 0 Å². The smallest absolute Gasteiger partial charge is 0.230 e. The molecule has 1 amide bonds. The molecule has 0 saturated carbocycles. The number of benzene rings is 1. The van der Waals surface area contributed by atoms with Crippen LogP contribution in [0.1, 0.15) is 17.5 Å². The van der Waals surface area contributed by atoms with Crippen LogP contribution in [-0.4, -0.2) is 32.2 Å². The number of amides is 1. The maximum Gasteiger partial charge on any atom is 0.230 e. The largest absolute Gasteiger partial charge is 0.380 e. The van der Waals surface area contributed by atoms with Crippen LogP contribution in [0.25, 0.3) is 0 Å². The van der Waals surface area contributed by atoms with E-state index in [1.807, 2.05) is 0 Å². The maximum atomic E-state index is 13.8. The third-order valence-electron chi connectivity index (χ3n) is 4.75. The molecule has 2 aliphatic rings. The van der Waals surface area contributed by atoms with Gasteiger partial charge in [-0.05, 0) is 43.5 Å². The van der Waals surface area contributed by atoms with Gasteiger partial charge in [0.15, 0.2) is 0 Å². The van der Waals surface area contributed by atoms with Gasteiger partial charge in [-0.3, -0.25) is 4.79 Å². The minimum atomic E-state index is -0.628. The van der Waals surface area contributed by atoms with Gasteiger partial charge in [0.25, 0.3) is 0 Å². The molecule has 2 heterocycles. The van der Waals surface area contributed by atoms with Gasteiger partial charge in [-0.1, -0.05) is 0 Å². The lowest BCUT2D eigenvalue weighted by atomic mass is 9.75. The lowest BCUT2D eigenvalue weighted by Gasteiger charge is -2.36. The van der Waals surface area contributed by atoms with E-state index < -0.39 is 17.0 Å². The summed E-state index contributed by atoms with van der Waals surface area (Å²) in [7, 11) is 0. The monoisotopic (exact) mass is 310 g/mol. The molecule has 3 rings (SSSR count). The molecule has 22 heavy (non-hydrogen) atoms. The van der Waals surface area contributed by atoms with Crippen molar-refractivity contribution in [3.63, 3.8) is 0 Å². The standard InChI is InChI=1S/C16H20F2N2O2/c1-10-4-13(17)12(14(18)5-10)7-20-15(21)16-8-19-6-11(16)2-3-22-9-16/h4-5,11,19H,2-3,6-9H2,1H3,(H,20,21)/t11-,16+/m1/s1. The molecule has 2 N–H and O–H groups in total. The number of carbonyl (C=O) groups excluding carboxylic acids is 1. The average Bonchev–Trinajstić information content (AvgIpc) is 2.91. The molecule has 2 aliphatic heterocycles. The first-order chi connectivity index (χ1) is 10.5. The number of rotatable bonds is 3. The first-order valence-electron chi connectivity index (χ1n) is 7.54. The fraction of sp³-hybridized carbons (Fsp3) is 0.562. The zero-order chi connectivity index (χ0) is 15.7. The first-order valence-corrected chi connectivity index (χ1v) is 7.54. The van der Waals surface area contributed by atoms with Crippen molar-refractivity contribution in [2.45, 2.75) is 19.9 Å². The highest BCUT2D eigenvalue weighted by molar-refractivity contribution is 5.84. The van der Waals surface area contributed by atoms with Gasteiger partial charge in [0.2, 0.25) is 5.91 Å². The van der Waals surface area contributed by atoms with Crippen molar-refractivity contribution < 1.29 is 18.3 Å². The Kier molecular flexibility index (Phi) is 4.14. The Balaban J connectivity index is 1.73. The van der Waals surface area contributed by atoms with E-state index in [1.54, 1.807) is 6.92 Å². The molecule has 1 aromatic rings. The van der Waals surface area contributed by atoms with Crippen LogP contribution in [-0.2, 0) is 16.1 Å². The molecule has 6 heteroatoms. The lowest BCUT2D eigenvalue weighted by Crippen LogP contribution is -2.51. The van der Waals surface area contributed by atoms with Crippen molar-refractivity contribution in [1.29, 1.82) is 0 Å². The fourth-order valence-electron chi connectivity index (χ4n) is 3.41. The molecule has 1 aromatic carbocycles. The number of hydrogen-bond acceptors (Lipinski definition) is 3. The van der Waals surface area contributed by atoms with Crippen LogP contribution in [0.2, 0.25) is 0 Å². The van der Waals surface area contributed by atoms with Crippen molar-refractivity contribution in [1.82, 2.24) is 10.6 Å². The van der Waals surface area contributed by atoms with Crippen LogP contribution in [0, 0.1) is 29.9 Å². The number of ether oxygens (including phenoxy) is 1. The molecule has 0 spiro atoms. The zero-order valence-electron chi connectivity index (χ0n) is 12.5. The summed E-state index contributed by atoms with van der Waals surface area (Å²) < 4.78 is 33.2. The first kappa shape index (κ1) is 15.4. The molecular formula is C16H20F2N2O2. The van der Waals surface area contributed by atoms with Crippen molar-refractivity contribution in [2.75, 3.05) is 26.3 Å². The normalized spacial score (nSPS) is 27.5. The van der Waals surface area contributed by atoms with Gasteiger partial charge in [0, 0.05) is 25.3 Å². The number of hydrogen-bond donors (Lipinski definition) is 2. The highest BCUT2D eigenvalue weighted by Crippen LogP contribution is 2.37. The number of carbonyl (C=O) groups is 1. The van der Waals surface area contributed by atoms with Gasteiger partial charge in [0.05, 0.1) is 12.0 Å². The van der Waals surface area contributed by atoms with Crippen LogP contribution < -0.4 is 10.6 Å². The number of fused-ring (bicyclic) bond motifs is 1. The van der Waals surface area contributed by atoms with E-state index >= 15 is 0 Å². The molecule has 0 bridgehead atoms. The molecule has 2 atom stereocenters. The van der Waals surface area contributed by atoms with Crippen molar-refractivity contribution in [2.24, 2.45) is 11.3 Å². The Morgan fingerprint density at radius 3 is 2.91 bits per heavy atom. The summed E-state index contributed by atoms with van der Waals surface area (Å²) in [6.45, 7) is 3.82. The Labute approximate surface area is 128 Å². The lowest BCUT2D eigenvalue weighted by molar-refractivity contribution is -0.141. The van der Waals surface area contributed by atoms with Crippen LogP contribution in [0.4, 0.5) is 8.78 Å². The predicted octanol–water partition coefficient (Wildman–Crippen LogP) is 1.52. The third kappa shape index (κ3) is 2.61. The van der Waals surface area contributed by atoms with Crippen molar-refractivity contribution in [3.8, 4) is 0 Å². The highest BCUT2D eigenvalue weighted by atomic mass is 19.1. The highest BCUT2D eigenvalue weighted by Gasteiger charge is 2.50. The predicted molar refractivity (Wildman–Crippen MR) is 77.2 cm³/mol. The number of aryl methyl sites for hydroxylation is 1. The topological polar surface area (TPSA) is 50.4 Å². The van der Waals surface area contributed by atoms with E-state index in [2.05, 4.69) is 10.6 Å². The third-order valence-corrected chi connectivity index (χ3v) is 4.75. The van der Waals surface area contributed by atoms with Crippen molar-refractivity contribution >= 4 is 5.91 Å². The Hall–Kier alpha value is -1.53. The molecule has 0 aromatic heterocycles. The molecule has 0 unspecified atom stereocenters. The summed E-state index contributed by atoms with van der Waals surface area (Å²) in [6.07, 6.45) is 0.827. The fourth-order valence-corrected chi connectivity index (χ4v) is 3.41. The molecule has 0 radical (unpaired) electrons. The number of halogens is 2. The Morgan fingerprint density at radius 2 is 2.18 bits per heavy atom. The van der Waals surface area contributed by atoms with E-state index in [9.17, 15) is 13.6 Å². The molecular weight excluding hydrogens is 290 g/mol. The summed E-state index contributed by atoms with van der Waals surface area (Å²) in [6, 6.07) is 2.54. The van der Waals surface area contributed by atoms with E-state index in [1.165, 1.54) is 12.1 Å². The molecule has 2 fully saturated rings. The molecule has 2 saturated heterocycles. The molecule has 0 aliphatic carbocycles. The summed E-state index contributed by atoms with van der Waals surface area (Å²) in [5.41, 5.74) is -0.199. The van der Waals surface area contributed by atoms with Crippen molar-refractivity contribution in [3.05, 3.63) is 34.9 Å². The van der Waals surface area contributed by atoms with Crippen LogP contribution in [0.15, 0.2) is 12.1 Å². The zero-order valence-corrected chi connectivity index (χ0v) is 12.5. The molecule has 120 valence electrons. The van der Waals surface area contributed by atoms with Gasteiger partial charge in [-0.15, -0.1) is 0 Å². The minimum absolute atomic E-state index is 0.102. The van der Waals surface area contributed by atoms with E-state index in [0.29, 0.717) is 25.3 Å². The molecule has 4 nitrogen and oxygen atoms in total. The second kappa shape index (κ2) is 5.93. The van der Waals surface area contributed by atoms with Gasteiger partial charge < -0.3 is 15.4 Å². The second-order valence-corrected chi connectivity index (χ2v) is 6.22. The maximum absolute atomic E-state index is 13.8. The summed E-state index contributed by atoms with van der Waals surface area (Å²) >= 11 is 0. The van der Waals surface area contributed by atoms with Crippen LogP contribution in [0.5, 0.6) is 0 Å². The minimum Gasteiger partial charge on any atom is -0.380 e. The van der Waals surface area contributed by atoms with Crippen LogP contribution >= 0.6 is 0 Å². The summed E-state index contributed by atoms with van der Waals surface area (Å²) in [5.74, 6) is -1.23. The Morgan fingerprint density at radius 1 is 1.45 bits per heavy atom. The summed E-state index contributed by atoms with van der Waals surface area (Å²) in [4.78, 5) is 12.6. The average molecular weight is 310 g/mol. The van der Waals surface area contributed by atoms with E-state index in [-0.39, 0.29) is 23.9 Å². The van der Waals surface area contributed by atoms with Gasteiger partial charge in [0.1, 0.15) is 11.6 Å². The van der Waals surface area contributed by atoms with E-state index in [0.717, 1.165) is 13.0 Å². The quantitative estimate of drug-likeness (QED) is 0.890. The van der Waals surface area contributed by atoms with Gasteiger partial charge in [-0.2, -0.15) is 0 Å². The number of nitrogens with one attached hydrogen (secondary N) is 2. The summed E-state index contributed by atoms with van der Waals surface area (Å²) in [5, 5.41) is 5.92. The van der Waals surface area contributed by atoms with Gasteiger partial charge in [-0.25, -0.2) is 8.78 Å². The SMILES string of the molecule is Cc1cc(F)c(CNC(=O)[C@]23CNC[C@H]2CCOC3)c(F)c1. The second-order valence-electron chi connectivity index (χ2n) is 6.22. The van der Waals surface area contributed by atoms with Crippen LogP contribution in [0.3, 0.4) is 0 Å².